The first-order valence-corrected chi connectivity index (χ1v) is 6.64. The van der Waals surface area contributed by atoms with Crippen LogP contribution in [0.3, 0.4) is 0 Å². The number of nitro benzene ring substituents is 1. The number of ether oxygens (including phenoxy) is 1. The Kier molecular flexibility index (Phi) is 4.13. The zero-order valence-corrected chi connectivity index (χ0v) is 11.7. The van der Waals surface area contributed by atoms with Gasteiger partial charge in [-0.3, -0.25) is 14.9 Å². The van der Waals surface area contributed by atoms with Gasteiger partial charge >= 0.3 is 0 Å². The maximum atomic E-state index is 11.8. The topological polar surface area (TPSA) is 131 Å². The maximum absolute atomic E-state index is 11.8. The number of aliphatic imine (C=N–C) groups is 1. The van der Waals surface area contributed by atoms with Crippen molar-refractivity contribution < 1.29 is 19.6 Å². The van der Waals surface area contributed by atoms with E-state index in [0.29, 0.717) is 5.56 Å². The van der Waals surface area contributed by atoms with Crippen LogP contribution < -0.4 is 15.6 Å². The van der Waals surface area contributed by atoms with Gasteiger partial charge in [-0.1, -0.05) is 0 Å². The van der Waals surface area contributed by atoms with Crippen LogP contribution in [-0.2, 0) is 4.79 Å². The van der Waals surface area contributed by atoms with E-state index in [1.54, 1.807) is 6.92 Å². The number of thioether (sulfide) groups is 1. The molecule has 0 unspecified atom stereocenters. The molecule has 1 aromatic carbocycles. The van der Waals surface area contributed by atoms with E-state index in [0.717, 1.165) is 17.8 Å². The van der Waals surface area contributed by atoms with Crippen LogP contribution in [0.5, 0.6) is 11.5 Å². The number of nitro groups is 1. The van der Waals surface area contributed by atoms with E-state index in [4.69, 9.17) is 10.5 Å². The summed E-state index contributed by atoms with van der Waals surface area (Å²) < 4.78 is 5.09. The highest BCUT2D eigenvalue weighted by Gasteiger charge is 2.20. The predicted molar refractivity (Wildman–Crippen MR) is 75.9 cm³/mol. The molecule has 9 heteroatoms. The number of hydrogen-bond donors (Lipinski definition) is 1. The number of benzene rings is 1. The molecule has 0 saturated heterocycles. The standard InChI is InChI=1S/C12H11N3O5S/c1-2-20-8-4-6(3-7(10(8)16)15(18)19)5-9-11(17)14-12(13)21-9/h3-5,16H,2H2,1H3,(H2,13,14,17)/p-1/b9-5+. The summed E-state index contributed by atoms with van der Waals surface area (Å²) in [4.78, 5) is 25.4. The SMILES string of the molecule is CCOc1cc(/C=C2/SC(N)=NC2=O)cc([N+](=O)[O-])c1[O-]. The first-order valence-electron chi connectivity index (χ1n) is 5.82. The second kappa shape index (κ2) is 5.83. The van der Waals surface area contributed by atoms with Crippen molar-refractivity contribution in [1.29, 1.82) is 0 Å². The van der Waals surface area contributed by atoms with Gasteiger partial charge in [0.25, 0.3) is 11.6 Å². The molecule has 8 nitrogen and oxygen atoms in total. The molecule has 0 saturated carbocycles. The fraction of sp³-hybridized carbons (Fsp3) is 0.167. The number of nitrogens with two attached hydrogens (primary N) is 1. The number of rotatable bonds is 4. The van der Waals surface area contributed by atoms with Crippen LogP contribution in [0.4, 0.5) is 5.69 Å². The average Bonchev–Trinajstić information content (AvgIpc) is 2.71. The van der Waals surface area contributed by atoms with Crippen molar-refractivity contribution in [3.05, 3.63) is 32.7 Å². The fourth-order valence-corrected chi connectivity index (χ4v) is 2.35. The third-order valence-corrected chi connectivity index (χ3v) is 3.30. The Morgan fingerprint density at radius 2 is 2.24 bits per heavy atom. The number of amidine groups is 1. The van der Waals surface area contributed by atoms with Gasteiger partial charge in [0.1, 0.15) is 5.75 Å². The zero-order valence-electron chi connectivity index (χ0n) is 10.9. The third kappa shape index (κ3) is 3.14. The lowest BCUT2D eigenvalue weighted by atomic mass is 10.1. The molecule has 110 valence electrons. The molecule has 2 N–H and O–H groups in total. The van der Waals surface area contributed by atoms with Crippen molar-refractivity contribution in [3.8, 4) is 11.5 Å². The highest BCUT2D eigenvalue weighted by molar-refractivity contribution is 8.18. The second-order valence-electron chi connectivity index (χ2n) is 3.92. The zero-order chi connectivity index (χ0) is 15.6. The van der Waals surface area contributed by atoms with Crippen molar-refractivity contribution >= 4 is 34.6 Å². The highest BCUT2D eigenvalue weighted by atomic mass is 32.2. The van der Waals surface area contributed by atoms with E-state index in [9.17, 15) is 20.0 Å². The van der Waals surface area contributed by atoms with Gasteiger partial charge in [0.15, 0.2) is 5.17 Å². The van der Waals surface area contributed by atoms with Crippen LogP contribution in [0.15, 0.2) is 22.0 Å². The minimum Gasteiger partial charge on any atom is -0.865 e. The lowest BCUT2D eigenvalue weighted by Crippen LogP contribution is -2.03. The van der Waals surface area contributed by atoms with Gasteiger partial charge in [-0.2, -0.15) is 4.99 Å². The number of nitrogens with zero attached hydrogens (tertiary/aromatic N) is 2. The molecule has 1 heterocycles. The lowest BCUT2D eigenvalue weighted by molar-refractivity contribution is -0.398. The molecule has 0 aromatic heterocycles. The van der Waals surface area contributed by atoms with Gasteiger partial charge in [0.2, 0.25) is 0 Å². The van der Waals surface area contributed by atoms with Crippen LogP contribution in [0.1, 0.15) is 12.5 Å². The Hall–Kier alpha value is -2.55. The summed E-state index contributed by atoms with van der Waals surface area (Å²) in [5.41, 5.74) is 5.10. The van der Waals surface area contributed by atoms with E-state index in [2.05, 4.69) is 4.99 Å². The largest absolute Gasteiger partial charge is 0.865 e. The van der Waals surface area contributed by atoms with Crippen molar-refractivity contribution in [2.75, 3.05) is 6.61 Å². The van der Waals surface area contributed by atoms with Crippen molar-refractivity contribution in [3.63, 3.8) is 0 Å². The smallest absolute Gasteiger partial charge is 0.286 e. The molecular formula is C12H10N3O5S-. The summed E-state index contributed by atoms with van der Waals surface area (Å²) >= 11 is 0.957. The van der Waals surface area contributed by atoms with E-state index in [1.807, 2.05) is 0 Å². The fourth-order valence-electron chi connectivity index (χ4n) is 1.67. The highest BCUT2D eigenvalue weighted by Crippen LogP contribution is 2.36. The normalized spacial score (nSPS) is 16.1. The maximum Gasteiger partial charge on any atom is 0.286 e. The van der Waals surface area contributed by atoms with Crippen molar-refractivity contribution in [2.24, 2.45) is 10.7 Å². The van der Waals surface area contributed by atoms with Crippen LogP contribution in [0.25, 0.3) is 6.08 Å². The number of amides is 1. The summed E-state index contributed by atoms with van der Waals surface area (Å²) in [6.45, 7) is 1.84. The molecule has 0 fully saturated rings. The van der Waals surface area contributed by atoms with Crippen LogP contribution in [0, 0.1) is 10.1 Å². The Morgan fingerprint density at radius 3 is 2.76 bits per heavy atom. The van der Waals surface area contributed by atoms with E-state index < -0.39 is 22.3 Å². The molecule has 21 heavy (non-hydrogen) atoms. The predicted octanol–water partition coefficient (Wildman–Crippen LogP) is 0.996. The monoisotopic (exact) mass is 308 g/mol. The summed E-state index contributed by atoms with van der Waals surface area (Å²) in [5.74, 6) is -1.46. The average molecular weight is 308 g/mol. The summed E-state index contributed by atoms with van der Waals surface area (Å²) in [7, 11) is 0. The Labute approximate surface area is 123 Å². The van der Waals surface area contributed by atoms with Gasteiger partial charge in [0.05, 0.1) is 16.4 Å². The van der Waals surface area contributed by atoms with Gasteiger partial charge in [-0.05, 0) is 36.4 Å². The molecular weight excluding hydrogens is 298 g/mol. The quantitative estimate of drug-likeness (QED) is 0.498. The molecule has 1 aromatic rings. The first-order chi connectivity index (χ1) is 9.92. The Balaban J connectivity index is 2.47. The van der Waals surface area contributed by atoms with Crippen molar-refractivity contribution in [2.45, 2.75) is 6.92 Å². The van der Waals surface area contributed by atoms with E-state index >= 15 is 0 Å². The molecule has 1 aliphatic rings. The summed E-state index contributed by atoms with van der Waals surface area (Å²) in [6, 6.07) is 2.42. The van der Waals surface area contributed by atoms with E-state index in [-0.39, 0.29) is 22.4 Å². The van der Waals surface area contributed by atoms with Crippen molar-refractivity contribution in [1.82, 2.24) is 0 Å². The Morgan fingerprint density at radius 1 is 1.52 bits per heavy atom. The number of hydrogen-bond acceptors (Lipinski definition) is 7. The molecule has 0 radical (unpaired) electrons. The molecule has 0 atom stereocenters. The molecule has 1 amide bonds. The van der Waals surface area contributed by atoms with Crippen LogP contribution >= 0.6 is 11.8 Å². The molecule has 2 rings (SSSR count). The first kappa shape index (κ1) is 14.9. The lowest BCUT2D eigenvalue weighted by Gasteiger charge is -2.14. The number of carbonyl (C=O) groups excluding carboxylic acids is 1. The molecule has 1 aliphatic heterocycles. The second-order valence-corrected chi connectivity index (χ2v) is 4.99. The van der Waals surface area contributed by atoms with Gasteiger partial charge < -0.3 is 15.6 Å². The minimum absolute atomic E-state index is 0.103. The van der Waals surface area contributed by atoms with Gasteiger partial charge in [-0.15, -0.1) is 0 Å². The third-order valence-electron chi connectivity index (χ3n) is 2.49. The van der Waals surface area contributed by atoms with Gasteiger partial charge in [0, 0.05) is 11.8 Å². The molecule has 0 aliphatic carbocycles. The summed E-state index contributed by atoms with van der Waals surface area (Å²) in [5, 5.41) is 22.8. The van der Waals surface area contributed by atoms with Crippen LogP contribution in [0.2, 0.25) is 0 Å². The van der Waals surface area contributed by atoms with Crippen LogP contribution in [-0.4, -0.2) is 22.6 Å². The summed E-state index contributed by atoms with van der Waals surface area (Å²) in [6.07, 6.45) is 1.38. The Bertz CT molecular complexity index is 684. The van der Waals surface area contributed by atoms with E-state index in [1.165, 1.54) is 12.1 Å². The molecule has 0 spiro atoms. The number of carbonyl (C=O) groups is 1. The minimum atomic E-state index is -0.801. The molecule has 0 bridgehead atoms. The van der Waals surface area contributed by atoms with Gasteiger partial charge in [-0.25, -0.2) is 0 Å².